The molecule has 1 aliphatic heterocycles. The normalized spacial score (nSPS) is 19.8. The number of methoxy groups -OCH3 is 2. The number of benzene rings is 1. The highest BCUT2D eigenvalue weighted by Crippen LogP contribution is 2.18. The van der Waals surface area contributed by atoms with Crippen molar-refractivity contribution in [2.75, 3.05) is 47.1 Å². The highest BCUT2D eigenvalue weighted by atomic mass is 16.5. The third-order valence-corrected chi connectivity index (χ3v) is 3.74. The van der Waals surface area contributed by atoms with Gasteiger partial charge in [0.15, 0.2) is 0 Å². The van der Waals surface area contributed by atoms with E-state index in [4.69, 9.17) is 14.2 Å². The molecule has 112 valence electrons. The Balaban J connectivity index is 1.69. The first kappa shape index (κ1) is 15.1. The van der Waals surface area contributed by atoms with Crippen LogP contribution in [-0.4, -0.2) is 52.0 Å². The summed E-state index contributed by atoms with van der Waals surface area (Å²) in [6.07, 6.45) is 2.54. The molecule has 0 N–H and O–H groups in total. The second-order valence-corrected chi connectivity index (χ2v) is 5.29. The summed E-state index contributed by atoms with van der Waals surface area (Å²) in [7, 11) is 3.45. The van der Waals surface area contributed by atoms with E-state index in [1.54, 1.807) is 14.2 Å². The molecule has 20 heavy (non-hydrogen) atoms. The van der Waals surface area contributed by atoms with Gasteiger partial charge in [-0.2, -0.15) is 0 Å². The van der Waals surface area contributed by atoms with Crippen LogP contribution in [0.2, 0.25) is 0 Å². The Morgan fingerprint density at radius 3 is 2.60 bits per heavy atom. The second-order valence-electron chi connectivity index (χ2n) is 5.29. The molecule has 0 aromatic heterocycles. The van der Waals surface area contributed by atoms with E-state index in [9.17, 15) is 0 Å². The molecule has 0 amide bonds. The van der Waals surface area contributed by atoms with Gasteiger partial charge in [0.1, 0.15) is 18.1 Å². The van der Waals surface area contributed by atoms with E-state index < -0.39 is 0 Å². The summed E-state index contributed by atoms with van der Waals surface area (Å²) in [6.45, 7) is 4.88. The van der Waals surface area contributed by atoms with E-state index in [0.29, 0.717) is 5.92 Å². The largest absolute Gasteiger partial charge is 0.497 e. The summed E-state index contributed by atoms with van der Waals surface area (Å²) in [5.41, 5.74) is 0. The molecule has 2 rings (SSSR count). The molecule has 1 heterocycles. The Morgan fingerprint density at radius 1 is 1.15 bits per heavy atom. The quantitative estimate of drug-likeness (QED) is 0.767. The molecule has 0 unspecified atom stereocenters. The standard InChI is InChI=1S/C16H25NO3/c1-18-13-14-4-3-9-17(12-14)10-11-20-16-7-5-15(19-2)6-8-16/h5-8,14H,3-4,9-13H2,1-2H3/t14-/m0/s1. The van der Waals surface area contributed by atoms with Gasteiger partial charge < -0.3 is 14.2 Å². The van der Waals surface area contributed by atoms with Crippen LogP contribution in [0.25, 0.3) is 0 Å². The summed E-state index contributed by atoms with van der Waals surface area (Å²) in [5.74, 6) is 2.43. The molecule has 0 spiro atoms. The SMILES string of the molecule is COC[C@H]1CCCN(CCOc2ccc(OC)cc2)C1. The Hall–Kier alpha value is -1.26. The van der Waals surface area contributed by atoms with Crippen LogP contribution in [0.15, 0.2) is 24.3 Å². The molecule has 0 aliphatic carbocycles. The van der Waals surface area contributed by atoms with Gasteiger partial charge in [-0.3, -0.25) is 4.90 Å². The van der Waals surface area contributed by atoms with Crippen molar-refractivity contribution in [3.8, 4) is 11.5 Å². The molecular weight excluding hydrogens is 254 g/mol. The predicted molar refractivity (Wildman–Crippen MR) is 79.5 cm³/mol. The van der Waals surface area contributed by atoms with Crippen molar-refractivity contribution >= 4 is 0 Å². The van der Waals surface area contributed by atoms with E-state index in [2.05, 4.69) is 4.90 Å². The van der Waals surface area contributed by atoms with Crippen LogP contribution in [0.5, 0.6) is 11.5 Å². The molecular formula is C16H25NO3. The molecule has 0 radical (unpaired) electrons. The maximum Gasteiger partial charge on any atom is 0.119 e. The molecule has 1 aromatic rings. The molecule has 1 aromatic carbocycles. The van der Waals surface area contributed by atoms with Crippen molar-refractivity contribution in [2.24, 2.45) is 5.92 Å². The fourth-order valence-corrected chi connectivity index (χ4v) is 2.69. The van der Waals surface area contributed by atoms with E-state index in [-0.39, 0.29) is 0 Å². The number of nitrogens with zero attached hydrogens (tertiary/aromatic N) is 1. The summed E-state index contributed by atoms with van der Waals surface area (Å²) < 4.78 is 16.2. The minimum absolute atomic E-state index is 0.676. The van der Waals surface area contributed by atoms with E-state index >= 15 is 0 Å². The van der Waals surface area contributed by atoms with E-state index in [1.165, 1.54) is 19.4 Å². The lowest BCUT2D eigenvalue weighted by atomic mass is 9.99. The molecule has 4 nitrogen and oxygen atoms in total. The third kappa shape index (κ3) is 4.69. The Morgan fingerprint density at radius 2 is 1.90 bits per heavy atom. The fraction of sp³-hybridized carbons (Fsp3) is 0.625. The van der Waals surface area contributed by atoms with Gasteiger partial charge >= 0.3 is 0 Å². The average molecular weight is 279 g/mol. The van der Waals surface area contributed by atoms with Crippen LogP contribution >= 0.6 is 0 Å². The lowest BCUT2D eigenvalue weighted by Gasteiger charge is -2.32. The molecule has 1 aliphatic rings. The minimum Gasteiger partial charge on any atom is -0.497 e. The van der Waals surface area contributed by atoms with Gasteiger partial charge in [-0.1, -0.05) is 0 Å². The Labute approximate surface area is 121 Å². The molecule has 4 heteroatoms. The molecule has 1 fully saturated rings. The second kappa shape index (κ2) is 8.12. The van der Waals surface area contributed by atoms with Gasteiger partial charge in [-0.15, -0.1) is 0 Å². The number of rotatable bonds is 7. The van der Waals surface area contributed by atoms with Crippen molar-refractivity contribution in [2.45, 2.75) is 12.8 Å². The van der Waals surface area contributed by atoms with Gasteiger partial charge in [0.2, 0.25) is 0 Å². The number of likely N-dealkylation sites (tertiary alicyclic amines) is 1. The molecule has 0 bridgehead atoms. The van der Waals surface area contributed by atoms with E-state index in [0.717, 1.165) is 37.8 Å². The van der Waals surface area contributed by atoms with Gasteiger partial charge in [0.05, 0.1) is 13.7 Å². The van der Waals surface area contributed by atoms with Crippen molar-refractivity contribution in [1.82, 2.24) is 4.90 Å². The van der Waals surface area contributed by atoms with E-state index in [1.807, 2.05) is 24.3 Å². The highest BCUT2D eigenvalue weighted by molar-refractivity contribution is 5.31. The lowest BCUT2D eigenvalue weighted by Crippen LogP contribution is -2.39. The topological polar surface area (TPSA) is 30.9 Å². The molecule has 1 atom stereocenters. The van der Waals surface area contributed by atoms with Crippen LogP contribution in [-0.2, 0) is 4.74 Å². The zero-order valence-corrected chi connectivity index (χ0v) is 12.5. The number of piperidine rings is 1. The summed E-state index contributed by atoms with van der Waals surface area (Å²) in [5, 5.41) is 0. The van der Waals surface area contributed by atoms with Gasteiger partial charge in [0.25, 0.3) is 0 Å². The number of hydrogen-bond donors (Lipinski definition) is 0. The van der Waals surface area contributed by atoms with Gasteiger partial charge in [-0.05, 0) is 49.6 Å². The van der Waals surface area contributed by atoms with Crippen LogP contribution in [0.1, 0.15) is 12.8 Å². The molecule has 1 saturated heterocycles. The summed E-state index contributed by atoms with van der Waals surface area (Å²) >= 11 is 0. The highest BCUT2D eigenvalue weighted by Gasteiger charge is 2.19. The monoisotopic (exact) mass is 279 g/mol. The third-order valence-electron chi connectivity index (χ3n) is 3.74. The number of hydrogen-bond acceptors (Lipinski definition) is 4. The average Bonchev–Trinajstić information content (AvgIpc) is 2.49. The smallest absolute Gasteiger partial charge is 0.119 e. The summed E-state index contributed by atoms with van der Waals surface area (Å²) in [6, 6.07) is 7.74. The lowest BCUT2D eigenvalue weighted by molar-refractivity contribution is 0.0832. The zero-order valence-electron chi connectivity index (χ0n) is 12.5. The Bertz CT molecular complexity index is 378. The Kier molecular flexibility index (Phi) is 6.15. The first-order chi connectivity index (χ1) is 9.81. The zero-order chi connectivity index (χ0) is 14.2. The van der Waals surface area contributed by atoms with Crippen molar-refractivity contribution in [3.05, 3.63) is 24.3 Å². The van der Waals surface area contributed by atoms with Crippen LogP contribution in [0, 0.1) is 5.92 Å². The van der Waals surface area contributed by atoms with Crippen molar-refractivity contribution in [1.29, 1.82) is 0 Å². The first-order valence-electron chi connectivity index (χ1n) is 7.30. The summed E-state index contributed by atoms with van der Waals surface area (Å²) in [4.78, 5) is 2.47. The van der Waals surface area contributed by atoms with Crippen LogP contribution in [0.4, 0.5) is 0 Å². The fourth-order valence-electron chi connectivity index (χ4n) is 2.69. The minimum atomic E-state index is 0.676. The maximum atomic E-state index is 5.77. The number of ether oxygens (including phenoxy) is 3. The first-order valence-corrected chi connectivity index (χ1v) is 7.30. The van der Waals surface area contributed by atoms with Crippen molar-refractivity contribution < 1.29 is 14.2 Å². The maximum absolute atomic E-state index is 5.77. The van der Waals surface area contributed by atoms with Crippen LogP contribution < -0.4 is 9.47 Å². The van der Waals surface area contributed by atoms with Crippen LogP contribution in [0.3, 0.4) is 0 Å². The van der Waals surface area contributed by atoms with Crippen molar-refractivity contribution in [3.63, 3.8) is 0 Å². The van der Waals surface area contributed by atoms with Gasteiger partial charge in [0, 0.05) is 20.2 Å². The van der Waals surface area contributed by atoms with Gasteiger partial charge in [-0.25, -0.2) is 0 Å². The molecule has 0 saturated carbocycles. The predicted octanol–water partition coefficient (Wildman–Crippen LogP) is 2.43.